The van der Waals surface area contributed by atoms with Gasteiger partial charge in [0, 0.05) is 11.3 Å². The molecule has 2 aromatic carbocycles. The molecule has 0 fully saturated rings. The molecule has 0 aliphatic carbocycles. The predicted molar refractivity (Wildman–Crippen MR) is 101 cm³/mol. The van der Waals surface area contributed by atoms with Gasteiger partial charge in [-0.2, -0.15) is 9.61 Å². The highest BCUT2D eigenvalue weighted by molar-refractivity contribution is 5.94. The lowest BCUT2D eigenvalue weighted by atomic mass is 10.1. The van der Waals surface area contributed by atoms with Crippen LogP contribution < -0.4 is 10.1 Å². The number of anilines is 1. The number of rotatable bonds is 5. The van der Waals surface area contributed by atoms with Crippen molar-refractivity contribution in [1.82, 2.24) is 19.8 Å². The van der Waals surface area contributed by atoms with Crippen molar-refractivity contribution in [2.75, 3.05) is 5.32 Å². The third kappa shape index (κ3) is 3.80. The molecule has 0 spiro atoms. The number of fused-ring (bicyclic) bond motifs is 1. The Morgan fingerprint density at radius 2 is 1.96 bits per heavy atom. The van der Waals surface area contributed by atoms with Gasteiger partial charge in [0.05, 0.1) is 5.69 Å². The number of ether oxygens (including phenoxy) is 1. The zero-order chi connectivity index (χ0) is 19.5. The second kappa shape index (κ2) is 7.43. The van der Waals surface area contributed by atoms with Crippen molar-refractivity contribution in [3.8, 4) is 17.0 Å². The normalized spacial score (nSPS) is 11.9. The molecule has 0 aliphatic rings. The van der Waals surface area contributed by atoms with E-state index in [2.05, 4.69) is 20.6 Å². The first-order valence-corrected chi connectivity index (χ1v) is 8.59. The third-order valence-electron chi connectivity index (χ3n) is 4.08. The van der Waals surface area contributed by atoms with Crippen LogP contribution in [0.1, 0.15) is 6.92 Å². The van der Waals surface area contributed by atoms with Crippen molar-refractivity contribution in [2.24, 2.45) is 0 Å². The molecule has 1 atom stereocenters. The third-order valence-corrected chi connectivity index (χ3v) is 4.08. The van der Waals surface area contributed by atoms with Crippen molar-refractivity contribution in [3.63, 3.8) is 0 Å². The second-order valence-electron chi connectivity index (χ2n) is 6.14. The molecule has 1 unspecified atom stereocenters. The Hall–Kier alpha value is -3.81. The second-order valence-corrected chi connectivity index (χ2v) is 6.14. The monoisotopic (exact) mass is 377 g/mol. The van der Waals surface area contributed by atoms with Gasteiger partial charge in [-0.1, -0.05) is 12.1 Å². The van der Waals surface area contributed by atoms with E-state index in [1.165, 1.54) is 30.6 Å². The molecule has 7 nitrogen and oxygen atoms in total. The first-order valence-electron chi connectivity index (χ1n) is 8.59. The molecule has 140 valence electrons. The maximum absolute atomic E-state index is 13.0. The predicted octanol–water partition coefficient (Wildman–Crippen LogP) is 3.34. The number of nitrogens with one attached hydrogen (secondary N) is 1. The number of nitrogens with zero attached hydrogens (tertiary/aromatic N) is 4. The summed E-state index contributed by atoms with van der Waals surface area (Å²) in [4.78, 5) is 12.4. The van der Waals surface area contributed by atoms with E-state index in [-0.39, 0.29) is 11.7 Å². The molecule has 0 aliphatic heterocycles. The number of carbonyl (C=O) groups excluding carboxylic acids is 1. The maximum Gasteiger partial charge on any atom is 0.265 e. The summed E-state index contributed by atoms with van der Waals surface area (Å²) in [5, 5.41) is 15.0. The van der Waals surface area contributed by atoms with E-state index < -0.39 is 6.10 Å². The highest BCUT2D eigenvalue weighted by Crippen LogP contribution is 2.21. The van der Waals surface area contributed by atoms with E-state index in [1.54, 1.807) is 17.5 Å². The Balaban J connectivity index is 1.47. The van der Waals surface area contributed by atoms with Crippen LogP contribution in [0.4, 0.5) is 10.1 Å². The molecule has 0 saturated heterocycles. The summed E-state index contributed by atoms with van der Waals surface area (Å²) < 4.78 is 20.1. The number of aromatic nitrogens is 4. The summed E-state index contributed by atoms with van der Waals surface area (Å²) in [5.41, 5.74) is 2.82. The van der Waals surface area contributed by atoms with Crippen LogP contribution in [0.2, 0.25) is 0 Å². The molecule has 8 heteroatoms. The van der Waals surface area contributed by atoms with Gasteiger partial charge in [-0.25, -0.2) is 4.39 Å². The van der Waals surface area contributed by atoms with Gasteiger partial charge in [0.2, 0.25) is 0 Å². The minimum Gasteiger partial charge on any atom is -0.481 e. The molecule has 0 bridgehead atoms. The fraction of sp³-hybridized carbons (Fsp3) is 0.100. The van der Waals surface area contributed by atoms with E-state index >= 15 is 0 Å². The van der Waals surface area contributed by atoms with Crippen molar-refractivity contribution < 1.29 is 13.9 Å². The van der Waals surface area contributed by atoms with Crippen LogP contribution in [0.3, 0.4) is 0 Å². The van der Waals surface area contributed by atoms with E-state index in [0.717, 1.165) is 11.3 Å². The summed E-state index contributed by atoms with van der Waals surface area (Å²) in [7, 11) is 0. The molecule has 2 heterocycles. The lowest BCUT2D eigenvalue weighted by molar-refractivity contribution is -0.122. The number of hydrogen-bond acceptors (Lipinski definition) is 5. The Kier molecular flexibility index (Phi) is 4.67. The molecule has 2 aromatic heterocycles. The molecular formula is C20H16FN5O2. The highest BCUT2D eigenvalue weighted by atomic mass is 19.1. The number of amides is 1. The quantitative estimate of drug-likeness (QED) is 0.577. The largest absolute Gasteiger partial charge is 0.481 e. The van der Waals surface area contributed by atoms with Crippen LogP contribution >= 0.6 is 0 Å². The lowest BCUT2D eigenvalue weighted by Gasteiger charge is -2.15. The smallest absolute Gasteiger partial charge is 0.265 e. The zero-order valence-corrected chi connectivity index (χ0v) is 14.9. The molecule has 0 saturated carbocycles. The Morgan fingerprint density at radius 1 is 1.14 bits per heavy atom. The zero-order valence-electron chi connectivity index (χ0n) is 14.9. The minimum atomic E-state index is -0.749. The summed E-state index contributed by atoms with van der Waals surface area (Å²) in [6, 6.07) is 16.5. The van der Waals surface area contributed by atoms with Crippen LogP contribution in [0, 0.1) is 5.82 Å². The van der Waals surface area contributed by atoms with Gasteiger partial charge in [-0.15, -0.1) is 10.2 Å². The number of halogens is 1. The van der Waals surface area contributed by atoms with Gasteiger partial charge < -0.3 is 10.1 Å². The summed E-state index contributed by atoms with van der Waals surface area (Å²) in [6.07, 6.45) is 0.777. The van der Waals surface area contributed by atoms with Gasteiger partial charge in [0.15, 0.2) is 11.8 Å². The first kappa shape index (κ1) is 17.6. The van der Waals surface area contributed by atoms with E-state index in [0.29, 0.717) is 17.1 Å². The van der Waals surface area contributed by atoms with Gasteiger partial charge in [-0.05, 0) is 55.5 Å². The Labute approximate surface area is 159 Å². The minimum absolute atomic E-state index is 0.316. The van der Waals surface area contributed by atoms with E-state index in [4.69, 9.17) is 4.74 Å². The molecule has 0 radical (unpaired) electrons. The van der Waals surface area contributed by atoms with Gasteiger partial charge in [0.1, 0.15) is 17.9 Å². The van der Waals surface area contributed by atoms with E-state index in [1.807, 2.05) is 30.3 Å². The standard InChI is InChI=1S/C20H16FN5O2/c1-13(28-17-7-5-15(21)6-8-17)20(27)23-16-4-2-3-14(11-16)18-9-10-19-24-22-12-26(19)25-18/h2-13H,1H3,(H,23,27). The lowest BCUT2D eigenvalue weighted by Crippen LogP contribution is -2.30. The molecule has 1 amide bonds. The molecule has 4 aromatic rings. The van der Waals surface area contributed by atoms with Crippen LogP contribution in [0.5, 0.6) is 5.75 Å². The molecule has 4 rings (SSSR count). The summed E-state index contributed by atoms with van der Waals surface area (Å²) in [6.45, 7) is 1.63. The molecule has 1 N–H and O–H groups in total. The number of carbonyl (C=O) groups is 1. The average molecular weight is 377 g/mol. The first-order chi connectivity index (χ1) is 13.6. The fourth-order valence-corrected chi connectivity index (χ4v) is 2.65. The molecular weight excluding hydrogens is 361 g/mol. The van der Waals surface area contributed by atoms with Crippen LogP contribution in [0.15, 0.2) is 67.0 Å². The summed E-state index contributed by atoms with van der Waals surface area (Å²) >= 11 is 0. The summed E-state index contributed by atoms with van der Waals surface area (Å²) in [5.74, 6) is -0.257. The highest BCUT2D eigenvalue weighted by Gasteiger charge is 2.15. The SMILES string of the molecule is CC(Oc1ccc(F)cc1)C(=O)Nc1cccc(-c2ccc3nncn3n2)c1. The van der Waals surface area contributed by atoms with Crippen molar-refractivity contribution >= 4 is 17.2 Å². The van der Waals surface area contributed by atoms with Crippen LogP contribution in [0.25, 0.3) is 16.9 Å². The van der Waals surface area contributed by atoms with Crippen molar-refractivity contribution in [1.29, 1.82) is 0 Å². The topological polar surface area (TPSA) is 81.4 Å². The average Bonchev–Trinajstić information content (AvgIpc) is 3.17. The maximum atomic E-state index is 13.0. The van der Waals surface area contributed by atoms with E-state index in [9.17, 15) is 9.18 Å². The van der Waals surface area contributed by atoms with Crippen molar-refractivity contribution in [3.05, 3.63) is 72.8 Å². The Bertz CT molecular complexity index is 1130. The van der Waals surface area contributed by atoms with Gasteiger partial charge in [-0.3, -0.25) is 4.79 Å². The van der Waals surface area contributed by atoms with Crippen molar-refractivity contribution in [2.45, 2.75) is 13.0 Å². The van der Waals surface area contributed by atoms with Gasteiger partial charge >= 0.3 is 0 Å². The molecule has 28 heavy (non-hydrogen) atoms. The van der Waals surface area contributed by atoms with Gasteiger partial charge in [0.25, 0.3) is 5.91 Å². The Morgan fingerprint density at radius 3 is 2.79 bits per heavy atom. The number of hydrogen-bond donors (Lipinski definition) is 1. The van der Waals surface area contributed by atoms with Crippen LogP contribution in [-0.2, 0) is 4.79 Å². The van der Waals surface area contributed by atoms with Crippen LogP contribution in [-0.4, -0.2) is 31.8 Å². The fourth-order valence-electron chi connectivity index (χ4n) is 2.65. The number of benzene rings is 2.